The van der Waals surface area contributed by atoms with Crippen LogP contribution in [0.1, 0.15) is 12.8 Å². The minimum atomic E-state index is 0.0663. The first-order chi connectivity index (χ1) is 9.84. The summed E-state index contributed by atoms with van der Waals surface area (Å²) < 4.78 is 7.38. The number of hydrogen-bond donors (Lipinski definition) is 0. The molecule has 0 saturated carbocycles. The lowest BCUT2D eigenvalue weighted by molar-refractivity contribution is -0.140. The van der Waals surface area contributed by atoms with Gasteiger partial charge in [0.15, 0.2) is 0 Å². The fourth-order valence-corrected chi connectivity index (χ4v) is 3.03. The molecule has 2 aliphatic rings. The van der Waals surface area contributed by atoms with E-state index in [0.29, 0.717) is 13.2 Å². The smallest absolute Gasteiger partial charge is 0.240 e. The lowest BCUT2D eigenvalue weighted by Crippen LogP contribution is -2.50. The van der Waals surface area contributed by atoms with Gasteiger partial charge in [-0.05, 0) is 19.4 Å². The third-order valence-electron chi connectivity index (χ3n) is 4.18. The van der Waals surface area contributed by atoms with Gasteiger partial charge in [-0.1, -0.05) is 0 Å². The highest BCUT2D eigenvalue weighted by Crippen LogP contribution is 2.19. The summed E-state index contributed by atoms with van der Waals surface area (Å²) in [5.41, 5.74) is 0. The summed E-state index contributed by atoms with van der Waals surface area (Å²) in [6.45, 7) is 5.66. The highest BCUT2D eigenvalue weighted by atomic mass is 16.5. The molecule has 0 aromatic carbocycles. The van der Waals surface area contributed by atoms with Gasteiger partial charge in [-0.2, -0.15) is 0 Å². The molecule has 0 unspecified atom stereocenters. The summed E-state index contributed by atoms with van der Waals surface area (Å²) in [5, 5.41) is 0. The van der Waals surface area contributed by atoms with Gasteiger partial charge in [0.2, 0.25) is 5.91 Å². The van der Waals surface area contributed by atoms with Gasteiger partial charge in [-0.3, -0.25) is 9.69 Å². The number of morpholine rings is 1. The third-order valence-corrected chi connectivity index (χ3v) is 4.18. The largest absolute Gasteiger partial charge is 0.378 e. The average Bonchev–Trinajstić information content (AvgIpc) is 3.16. The SMILES string of the molecule is O=C([C@@H]1CCCN1CCn1ccnc1)N1CCOCC1. The maximum Gasteiger partial charge on any atom is 0.240 e. The second-order valence-electron chi connectivity index (χ2n) is 5.43. The number of amides is 1. The van der Waals surface area contributed by atoms with Gasteiger partial charge in [0.05, 0.1) is 25.6 Å². The predicted octanol–water partition coefficient (Wildman–Crippen LogP) is 0.206. The zero-order chi connectivity index (χ0) is 13.8. The van der Waals surface area contributed by atoms with Gasteiger partial charge in [0.1, 0.15) is 0 Å². The minimum Gasteiger partial charge on any atom is -0.378 e. The Morgan fingerprint density at radius 2 is 2.10 bits per heavy atom. The molecule has 0 aliphatic carbocycles. The van der Waals surface area contributed by atoms with Crippen LogP contribution in [0.4, 0.5) is 0 Å². The number of imidazole rings is 1. The first-order valence-corrected chi connectivity index (χ1v) is 7.41. The summed E-state index contributed by atoms with van der Waals surface area (Å²) in [5.74, 6) is 0.288. The van der Waals surface area contributed by atoms with Crippen LogP contribution in [0, 0.1) is 0 Å². The van der Waals surface area contributed by atoms with E-state index in [1.807, 2.05) is 17.4 Å². The van der Waals surface area contributed by atoms with E-state index in [2.05, 4.69) is 14.5 Å². The molecule has 1 aromatic rings. The van der Waals surface area contributed by atoms with Crippen molar-refractivity contribution in [2.24, 2.45) is 0 Å². The second-order valence-corrected chi connectivity index (χ2v) is 5.43. The monoisotopic (exact) mass is 278 g/mol. The zero-order valence-corrected chi connectivity index (χ0v) is 11.8. The van der Waals surface area contributed by atoms with Crippen molar-refractivity contribution >= 4 is 5.91 Å². The van der Waals surface area contributed by atoms with Crippen LogP contribution in [0.15, 0.2) is 18.7 Å². The molecule has 1 amide bonds. The Labute approximate surface area is 119 Å². The van der Waals surface area contributed by atoms with Crippen molar-refractivity contribution in [2.45, 2.75) is 25.4 Å². The number of hydrogen-bond acceptors (Lipinski definition) is 4. The number of nitrogens with zero attached hydrogens (tertiary/aromatic N) is 4. The van der Waals surface area contributed by atoms with Crippen LogP contribution in [-0.4, -0.2) is 70.7 Å². The summed E-state index contributed by atoms with van der Waals surface area (Å²) in [6, 6.07) is 0.0663. The maximum atomic E-state index is 12.6. The second kappa shape index (κ2) is 6.37. The van der Waals surface area contributed by atoms with E-state index in [0.717, 1.165) is 45.6 Å². The van der Waals surface area contributed by atoms with E-state index in [-0.39, 0.29) is 11.9 Å². The molecule has 0 spiro atoms. The first-order valence-electron chi connectivity index (χ1n) is 7.41. The Kier molecular flexibility index (Phi) is 4.32. The Balaban J connectivity index is 1.55. The van der Waals surface area contributed by atoms with Crippen molar-refractivity contribution in [1.82, 2.24) is 19.4 Å². The number of likely N-dealkylation sites (tertiary alicyclic amines) is 1. The fraction of sp³-hybridized carbons (Fsp3) is 0.714. The van der Waals surface area contributed by atoms with E-state index in [9.17, 15) is 4.79 Å². The number of carbonyl (C=O) groups is 1. The summed E-state index contributed by atoms with van der Waals surface area (Å²) in [7, 11) is 0. The van der Waals surface area contributed by atoms with Gasteiger partial charge in [0, 0.05) is 38.6 Å². The van der Waals surface area contributed by atoms with Gasteiger partial charge in [-0.15, -0.1) is 0 Å². The van der Waals surface area contributed by atoms with Crippen molar-refractivity contribution in [1.29, 1.82) is 0 Å². The summed E-state index contributed by atoms with van der Waals surface area (Å²) in [4.78, 5) is 20.9. The van der Waals surface area contributed by atoms with E-state index < -0.39 is 0 Å². The lowest BCUT2D eigenvalue weighted by atomic mass is 10.2. The number of rotatable bonds is 4. The van der Waals surface area contributed by atoms with Crippen molar-refractivity contribution in [3.8, 4) is 0 Å². The molecule has 0 bridgehead atoms. The first kappa shape index (κ1) is 13.6. The standard InChI is InChI=1S/C14H22N4O2/c19-14(18-8-10-20-11-9-18)13-2-1-4-17(13)7-6-16-5-3-15-12-16/h3,5,12-13H,1-2,4,6-11H2/t13-/m0/s1. The molecule has 6 nitrogen and oxygen atoms in total. The topological polar surface area (TPSA) is 50.6 Å². The Bertz CT molecular complexity index is 428. The fourth-order valence-electron chi connectivity index (χ4n) is 3.03. The van der Waals surface area contributed by atoms with Crippen LogP contribution in [0.3, 0.4) is 0 Å². The normalized spacial score (nSPS) is 24.2. The third kappa shape index (κ3) is 3.02. The number of aromatic nitrogens is 2. The Hall–Kier alpha value is -1.40. The summed E-state index contributed by atoms with van der Waals surface area (Å²) in [6.07, 6.45) is 7.69. The molecule has 0 radical (unpaired) electrons. The van der Waals surface area contributed by atoms with Crippen LogP contribution >= 0.6 is 0 Å². The van der Waals surface area contributed by atoms with E-state index in [1.54, 1.807) is 6.20 Å². The highest BCUT2D eigenvalue weighted by Gasteiger charge is 2.33. The van der Waals surface area contributed by atoms with Crippen molar-refractivity contribution in [2.75, 3.05) is 39.4 Å². The molecule has 2 aliphatic heterocycles. The van der Waals surface area contributed by atoms with Gasteiger partial charge in [0.25, 0.3) is 0 Å². The number of carbonyl (C=O) groups excluding carboxylic acids is 1. The van der Waals surface area contributed by atoms with Crippen molar-refractivity contribution < 1.29 is 9.53 Å². The minimum absolute atomic E-state index is 0.0663. The summed E-state index contributed by atoms with van der Waals surface area (Å²) >= 11 is 0. The van der Waals surface area contributed by atoms with Gasteiger partial charge in [-0.25, -0.2) is 4.98 Å². The quantitative estimate of drug-likeness (QED) is 0.790. The van der Waals surface area contributed by atoms with Crippen molar-refractivity contribution in [3.05, 3.63) is 18.7 Å². The molecule has 2 saturated heterocycles. The van der Waals surface area contributed by atoms with E-state index in [4.69, 9.17) is 4.74 Å². The molecule has 1 atom stereocenters. The van der Waals surface area contributed by atoms with Crippen LogP contribution in [0.25, 0.3) is 0 Å². The molecule has 0 N–H and O–H groups in total. The molecule has 20 heavy (non-hydrogen) atoms. The van der Waals surface area contributed by atoms with E-state index >= 15 is 0 Å². The molecule has 3 heterocycles. The van der Waals surface area contributed by atoms with Crippen LogP contribution in [0.5, 0.6) is 0 Å². The predicted molar refractivity (Wildman–Crippen MR) is 74.2 cm³/mol. The van der Waals surface area contributed by atoms with Gasteiger partial charge < -0.3 is 14.2 Å². The molecule has 3 rings (SSSR count). The van der Waals surface area contributed by atoms with E-state index in [1.165, 1.54) is 0 Å². The Morgan fingerprint density at radius 3 is 2.85 bits per heavy atom. The van der Waals surface area contributed by atoms with Gasteiger partial charge >= 0.3 is 0 Å². The molecule has 6 heteroatoms. The molecular formula is C14H22N4O2. The Morgan fingerprint density at radius 1 is 1.25 bits per heavy atom. The number of ether oxygens (including phenoxy) is 1. The lowest BCUT2D eigenvalue weighted by Gasteiger charge is -2.32. The zero-order valence-electron chi connectivity index (χ0n) is 11.8. The molecular weight excluding hydrogens is 256 g/mol. The maximum absolute atomic E-state index is 12.6. The van der Waals surface area contributed by atoms with Crippen LogP contribution in [0.2, 0.25) is 0 Å². The molecule has 2 fully saturated rings. The molecule has 110 valence electrons. The van der Waals surface area contributed by atoms with Crippen LogP contribution < -0.4 is 0 Å². The van der Waals surface area contributed by atoms with Crippen molar-refractivity contribution in [3.63, 3.8) is 0 Å². The highest BCUT2D eigenvalue weighted by molar-refractivity contribution is 5.82. The van der Waals surface area contributed by atoms with Crippen LogP contribution in [-0.2, 0) is 16.1 Å². The molecule has 1 aromatic heterocycles. The average molecular weight is 278 g/mol.